The van der Waals surface area contributed by atoms with E-state index in [9.17, 15) is 18.8 Å². The Morgan fingerprint density at radius 2 is 1.48 bits per heavy atom. The lowest BCUT2D eigenvalue weighted by atomic mass is 9.50. The maximum Gasteiger partial charge on any atom is 0.308 e. The molecule has 2 N–H and O–H groups in total. The second-order valence-corrected chi connectivity index (χ2v) is 16.4. The first-order valence-electron chi connectivity index (χ1n) is 18.6. The fraction of sp³-hybridized carbons (Fsp3) is 0.500. The van der Waals surface area contributed by atoms with E-state index in [1.165, 1.54) is 18.6 Å². The Bertz CT molecular complexity index is 1770. The van der Waals surface area contributed by atoms with E-state index in [2.05, 4.69) is 10.6 Å². The molecule has 2 unspecified atom stereocenters. The van der Waals surface area contributed by atoms with Gasteiger partial charge < -0.3 is 29.7 Å². The van der Waals surface area contributed by atoms with Crippen LogP contribution in [0.5, 0.6) is 5.75 Å². The van der Waals surface area contributed by atoms with Gasteiger partial charge in [-0.1, -0.05) is 30.3 Å². The summed E-state index contributed by atoms with van der Waals surface area (Å²) in [5.74, 6) is 1.20. The molecule has 9 nitrogen and oxygen atoms in total. The largest absolute Gasteiger partial charge is 0.491 e. The summed E-state index contributed by atoms with van der Waals surface area (Å²) < 4.78 is 30.3. The number of carbonyl (C=O) groups is 3. The number of benzene rings is 3. The second-order valence-electron chi connectivity index (χ2n) is 16.4. The number of esters is 1. The van der Waals surface area contributed by atoms with Crippen molar-refractivity contribution in [1.82, 2.24) is 15.5 Å². The number of hydrogen-bond acceptors (Lipinski definition) is 7. The first kappa shape index (κ1) is 36.1. The molecule has 1 heterocycles. The van der Waals surface area contributed by atoms with E-state index >= 15 is 0 Å². The van der Waals surface area contributed by atoms with Crippen molar-refractivity contribution in [3.05, 3.63) is 89.2 Å². The number of fused-ring (bicyclic) bond motifs is 1. The zero-order valence-electron chi connectivity index (χ0n) is 30.5. The zero-order valence-corrected chi connectivity index (χ0v) is 30.5. The van der Waals surface area contributed by atoms with Crippen molar-refractivity contribution in [3.8, 4) is 16.9 Å². The molecule has 52 heavy (non-hydrogen) atoms. The average Bonchev–Trinajstić information content (AvgIpc) is 3.51. The van der Waals surface area contributed by atoms with E-state index in [4.69, 9.17) is 14.2 Å². The number of amides is 2. The standard InChI is InChI=1S/C42H50FN3O6/c1-40(2,3)52-38(48)14-15-50-16-17-51-36-12-9-31(10-13-36)30-4-6-32(7-5-30)39(49)45-42-22-28-18-29(23-42)21-41(20-28,27-42)44-24-37(47)46-25-33-8-11-35(43)19-34(33)26-46/h4-13,19,28-29,44H,14-18,20-27H2,1-3H3,(H,45,49). The lowest BCUT2D eigenvalue weighted by Crippen LogP contribution is -2.69. The second kappa shape index (κ2) is 14.6. The summed E-state index contributed by atoms with van der Waals surface area (Å²) >= 11 is 0. The molecule has 4 aliphatic carbocycles. The van der Waals surface area contributed by atoms with Crippen molar-refractivity contribution >= 4 is 17.8 Å². The minimum Gasteiger partial charge on any atom is -0.491 e. The topological polar surface area (TPSA) is 106 Å². The summed E-state index contributed by atoms with van der Waals surface area (Å²) in [4.78, 5) is 40.5. The Kier molecular flexibility index (Phi) is 10.2. The summed E-state index contributed by atoms with van der Waals surface area (Å²) in [5.41, 5.74) is 3.60. The van der Waals surface area contributed by atoms with Gasteiger partial charge in [-0.2, -0.15) is 0 Å². The number of carbonyl (C=O) groups excluding carboxylic acids is 3. The number of ether oxygens (including phenoxy) is 3. The molecule has 1 aliphatic heterocycles. The Labute approximate surface area is 305 Å². The molecule has 8 rings (SSSR count). The van der Waals surface area contributed by atoms with Crippen molar-refractivity contribution in [3.63, 3.8) is 0 Å². The van der Waals surface area contributed by atoms with Gasteiger partial charge in [0.15, 0.2) is 0 Å². The Morgan fingerprint density at radius 3 is 2.17 bits per heavy atom. The molecule has 276 valence electrons. The van der Waals surface area contributed by atoms with E-state index in [-0.39, 0.29) is 54.3 Å². The number of hydrogen-bond donors (Lipinski definition) is 2. The van der Waals surface area contributed by atoms with Gasteiger partial charge in [0.1, 0.15) is 23.8 Å². The lowest BCUT2D eigenvalue weighted by molar-refractivity contribution is -0.156. The van der Waals surface area contributed by atoms with E-state index in [0.717, 1.165) is 60.1 Å². The number of rotatable bonds is 13. The van der Waals surface area contributed by atoms with Gasteiger partial charge in [0.25, 0.3) is 5.91 Å². The summed E-state index contributed by atoms with van der Waals surface area (Å²) in [5, 5.41) is 7.17. The molecule has 2 amide bonds. The van der Waals surface area contributed by atoms with Crippen molar-refractivity contribution in [2.75, 3.05) is 26.4 Å². The molecule has 0 aromatic heterocycles. The van der Waals surface area contributed by atoms with E-state index in [1.54, 1.807) is 11.0 Å². The quantitative estimate of drug-likeness (QED) is 0.153. The predicted molar refractivity (Wildman–Crippen MR) is 195 cm³/mol. The van der Waals surface area contributed by atoms with Gasteiger partial charge in [-0.3, -0.25) is 14.4 Å². The Morgan fingerprint density at radius 1 is 0.827 bits per heavy atom. The number of nitrogens with zero attached hydrogens (tertiary/aromatic N) is 1. The highest BCUT2D eigenvalue weighted by atomic mass is 19.1. The highest BCUT2D eigenvalue weighted by Crippen LogP contribution is 2.57. The fourth-order valence-corrected chi connectivity index (χ4v) is 9.27. The van der Waals surface area contributed by atoms with E-state index in [0.29, 0.717) is 43.7 Å². The SMILES string of the molecule is CC(C)(C)OC(=O)CCOCCOc1ccc(-c2ccc(C(=O)NC34CC5CC(CC(NCC(=O)N6Cc7ccc(F)cc7C6)(C5)C3)C4)cc2)cc1. The van der Waals surface area contributed by atoms with Gasteiger partial charge in [-0.05, 0) is 130 Å². The average molecular weight is 712 g/mol. The molecule has 4 fully saturated rings. The summed E-state index contributed by atoms with van der Waals surface area (Å²) in [6, 6.07) is 20.3. The van der Waals surface area contributed by atoms with Gasteiger partial charge in [-0.25, -0.2) is 4.39 Å². The molecule has 0 spiro atoms. The van der Waals surface area contributed by atoms with Gasteiger partial charge in [0, 0.05) is 29.7 Å². The van der Waals surface area contributed by atoms with Crippen molar-refractivity contribution < 1.29 is 33.0 Å². The molecule has 0 radical (unpaired) electrons. The van der Waals surface area contributed by atoms with Crippen LogP contribution in [0.15, 0.2) is 66.7 Å². The maximum atomic E-state index is 13.7. The maximum absolute atomic E-state index is 13.7. The normalized spacial score (nSPS) is 24.4. The van der Waals surface area contributed by atoms with Crippen molar-refractivity contribution in [2.24, 2.45) is 11.8 Å². The van der Waals surface area contributed by atoms with Crippen LogP contribution in [0.25, 0.3) is 11.1 Å². The fourth-order valence-electron chi connectivity index (χ4n) is 9.27. The first-order valence-corrected chi connectivity index (χ1v) is 18.6. The molecule has 4 saturated carbocycles. The molecule has 2 atom stereocenters. The van der Waals surface area contributed by atoms with Gasteiger partial charge in [-0.15, -0.1) is 0 Å². The predicted octanol–water partition coefficient (Wildman–Crippen LogP) is 6.57. The minimum absolute atomic E-state index is 0.0334. The van der Waals surface area contributed by atoms with Crippen molar-refractivity contribution in [2.45, 2.75) is 95.5 Å². The van der Waals surface area contributed by atoms with Crippen LogP contribution in [0.3, 0.4) is 0 Å². The van der Waals surface area contributed by atoms with Crippen LogP contribution in [0.2, 0.25) is 0 Å². The van der Waals surface area contributed by atoms with Gasteiger partial charge in [0.2, 0.25) is 5.91 Å². The van der Waals surface area contributed by atoms with Crippen LogP contribution in [-0.2, 0) is 32.2 Å². The van der Waals surface area contributed by atoms with Crippen LogP contribution in [0, 0.1) is 17.7 Å². The highest BCUT2D eigenvalue weighted by molar-refractivity contribution is 5.95. The van der Waals surface area contributed by atoms with Crippen molar-refractivity contribution in [1.29, 1.82) is 0 Å². The van der Waals surface area contributed by atoms with E-state index in [1.807, 2.05) is 69.3 Å². The highest BCUT2D eigenvalue weighted by Gasteiger charge is 2.58. The van der Waals surface area contributed by atoms with Crippen LogP contribution >= 0.6 is 0 Å². The lowest BCUT2D eigenvalue weighted by Gasteiger charge is -2.62. The summed E-state index contributed by atoms with van der Waals surface area (Å²) in [6.45, 7) is 7.75. The number of nitrogens with one attached hydrogen (secondary N) is 2. The smallest absolute Gasteiger partial charge is 0.308 e. The van der Waals surface area contributed by atoms with Crippen LogP contribution < -0.4 is 15.4 Å². The third-order valence-corrected chi connectivity index (χ3v) is 11.0. The minimum atomic E-state index is -0.500. The molecule has 4 bridgehead atoms. The van der Waals surface area contributed by atoms with Crippen LogP contribution in [0.1, 0.15) is 87.2 Å². The monoisotopic (exact) mass is 711 g/mol. The van der Waals surface area contributed by atoms with Crippen LogP contribution in [-0.4, -0.2) is 65.7 Å². The molecule has 5 aliphatic rings. The van der Waals surface area contributed by atoms with Gasteiger partial charge >= 0.3 is 5.97 Å². The zero-order chi connectivity index (χ0) is 36.5. The third-order valence-electron chi connectivity index (χ3n) is 11.0. The van der Waals surface area contributed by atoms with Gasteiger partial charge in [0.05, 0.1) is 26.2 Å². The summed E-state index contributed by atoms with van der Waals surface area (Å²) in [7, 11) is 0. The van der Waals surface area contributed by atoms with E-state index < -0.39 is 5.60 Å². The first-order chi connectivity index (χ1) is 24.8. The Balaban J connectivity index is 0.886. The Hall–Kier alpha value is -4.28. The molecule has 10 heteroatoms. The van der Waals surface area contributed by atoms with Crippen LogP contribution in [0.4, 0.5) is 4.39 Å². The molecule has 0 saturated heterocycles. The molecule has 3 aromatic rings. The molecular formula is C42H50FN3O6. The third kappa shape index (κ3) is 8.50. The number of halogens is 1. The molecule has 3 aromatic carbocycles. The molecular weight excluding hydrogens is 661 g/mol. The summed E-state index contributed by atoms with van der Waals surface area (Å²) in [6.07, 6.45) is 6.22.